The first-order chi connectivity index (χ1) is 12.3. The van der Waals surface area contributed by atoms with Crippen LogP contribution in [0.4, 0.5) is 0 Å². The van der Waals surface area contributed by atoms with Crippen LogP contribution in [0.25, 0.3) is 0 Å². The van der Waals surface area contributed by atoms with Crippen LogP contribution in [0, 0.1) is 0 Å². The van der Waals surface area contributed by atoms with Crippen LogP contribution in [0.15, 0.2) is 24.3 Å². The summed E-state index contributed by atoms with van der Waals surface area (Å²) in [5.41, 5.74) is 2.16. The first kappa shape index (κ1) is 22.1. The minimum Gasteiger partial charge on any atom is -0.394 e. The fourth-order valence-electron chi connectivity index (χ4n) is 2.51. The zero-order valence-electron chi connectivity index (χ0n) is 15.6. The quantitative estimate of drug-likeness (QED) is 0.411. The van der Waals surface area contributed by atoms with Gasteiger partial charge in [0, 0.05) is 19.9 Å². The van der Waals surface area contributed by atoms with Gasteiger partial charge < -0.3 is 26.0 Å². The molecule has 0 saturated carbocycles. The average molecular weight is 366 g/mol. The predicted molar refractivity (Wildman–Crippen MR) is 98.3 cm³/mol. The summed E-state index contributed by atoms with van der Waals surface area (Å²) in [4.78, 5) is 23.6. The number of nitrogens with one attached hydrogen (secondary N) is 2. The number of aliphatic hydroxyl groups is 3. The van der Waals surface area contributed by atoms with Gasteiger partial charge in [0.2, 0.25) is 11.8 Å². The molecule has 1 rings (SSSR count). The van der Waals surface area contributed by atoms with Crippen molar-refractivity contribution in [3.8, 4) is 0 Å². The molecule has 0 spiro atoms. The van der Waals surface area contributed by atoms with E-state index in [4.69, 9.17) is 5.11 Å². The van der Waals surface area contributed by atoms with E-state index in [2.05, 4.69) is 24.5 Å². The molecule has 0 aliphatic carbocycles. The van der Waals surface area contributed by atoms with Crippen molar-refractivity contribution < 1.29 is 24.9 Å². The monoisotopic (exact) mass is 366 g/mol. The molecular weight excluding hydrogens is 336 g/mol. The highest BCUT2D eigenvalue weighted by molar-refractivity contribution is 5.86. The number of rotatable bonds is 10. The number of hydrogen-bond acceptors (Lipinski definition) is 5. The van der Waals surface area contributed by atoms with Crippen LogP contribution in [0.5, 0.6) is 0 Å². The highest BCUT2D eigenvalue weighted by atomic mass is 16.4. The molecule has 0 aliphatic heterocycles. The Morgan fingerprint density at radius 2 is 1.73 bits per heavy atom. The van der Waals surface area contributed by atoms with E-state index in [0.717, 1.165) is 12.0 Å². The zero-order chi connectivity index (χ0) is 19.7. The molecule has 146 valence electrons. The molecule has 26 heavy (non-hydrogen) atoms. The van der Waals surface area contributed by atoms with E-state index in [9.17, 15) is 19.8 Å². The molecule has 7 nitrogen and oxygen atoms in total. The summed E-state index contributed by atoms with van der Waals surface area (Å²) >= 11 is 0. The van der Waals surface area contributed by atoms with Gasteiger partial charge in [0.25, 0.3) is 0 Å². The molecule has 0 aliphatic rings. The topological polar surface area (TPSA) is 119 Å². The number of aliphatic hydroxyl groups excluding tert-OH is 3. The zero-order valence-corrected chi connectivity index (χ0v) is 15.6. The first-order valence-corrected chi connectivity index (χ1v) is 8.89. The smallest absolute Gasteiger partial charge is 0.242 e. The van der Waals surface area contributed by atoms with E-state index in [-0.39, 0.29) is 13.0 Å². The van der Waals surface area contributed by atoms with Gasteiger partial charge in [-0.15, -0.1) is 0 Å². The number of carbonyl (C=O) groups is 2. The third kappa shape index (κ3) is 7.11. The van der Waals surface area contributed by atoms with Gasteiger partial charge in [0.15, 0.2) is 0 Å². The lowest BCUT2D eigenvalue weighted by atomic mass is 9.97. The van der Waals surface area contributed by atoms with E-state index in [1.165, 1.54) is 12.5 Å². The summed E-state index contributed by atoms with van der Waals surface area (Å²) in [6, 6.07) is 6.95. The molecule has 0 fully saturated rings. The summed E-state index contributed by atoms with van der Waals surface area (Å²) in [5, 5.41) is 33.3. The van der Waals surface area contributed by atoms with Crippen molar-refractivity contribution in [3.05, 3.63) is 35.4 Å². The Hall–Kier alpha value is -1.96. The van der Waals surface area contributed by atoms with Gasteiger partial charge >= 0.3 is 0 Å². The average Bonchev–Trinajstić information content (AvgIpc) is 2.64. The van der Waals surface area contributed by atoms with Crippen molar-refractivity contribution in [1.29, 1.82) is 0 Å². The Bertz CT molecular complexity index is 576. The van der Waals surface area contributed by atoms with Crippen molar-refractivity contribution >= 4 is 11.8 Å². The largest absolute Gasteiger partial charge is 0.394 e. The number of benzene rings is 1. The van der Waals surface area contributed by atoms with Gasteiger partial charge in [-0.3, -0.25) is 9.59 Å². The highest BCUT2D eigenvalue weighted by Crippen LogP contribution is 2.18. The second-order valence-electron chi connectivity index (χ2n) is 6.57. The maximum Gasteiger partial charge on any atom is 0.242 e. The molecule has 0 radical (unpaired) electrons. The Labute approximate surface area is 154 Å². The SMILES string of the molecule is CCC(C)c1ccc(CNC(=O)C(CC(O)C(O)CO)NC(C)=O)cc1. The molecule has 1 aromatic carbocycles. The molecule has 4 atom stereocenters. The van der Waals surface area contributed by atoms with E-state index >= 15 is 0 Å². The van der Waals surface area contributed by atoms with E-state index < -0.39 is 36.7 Å². The van der Waals surface area contributed by atoms with Crippen molar-refractivity contribution in [1.82, 2.24) is 10.6 Å². The predicted octanol–water partition coefficient (Wildman–Crippen LogP) is 0.425. The second-order valence-corrected chi connectivity index (χ2v) is 6.57. The maximum atomic E-state index is 12.3. The molecule has 0 bridgehead atoms. The Morgan fingerprint density at radius 3 is 2.23 bits per heavy atom. The lowest BCUT2D eigenvalue weighted by Gasteiger charge is -2.22. The molecule has 7 heteroatoms. The summed E-state index contributed by atoms with van der Waals surface area (Å²) in [5.74, 6) is -0.411. The number of hydrogen-bond donors (Lipinski definition) is 5. The Kier molecular flexibility index (Phi) is 9.26. The number of carbonyl (C=O) groups excluding carboxylic acids is 2. The van der Waals surface area contributed by atoms with Crippen molar-refractivity contribution in [2.75, 3.05) is 6.61 Å². The summed E-state index contributed by atoms with van der Waals surface area (Å²) in [6.07, 6.45) is -1.83. The van der Waals surface area contributed by atoms with Gasteiger partial charge in [0.1, 0.15) is 12.1 Å². The van der Waals surface area contributed by atoms with E-state index in [1.54, 1.807) is 0 Å². The molecule has 2 amide bonds. The maximum absolute atomic E-state index is 12.3. The standard InChI is InChI=1S/C19H30N2O5/c1-4-12(2)15-7-5-14(6-8-15)10-20-19(26)16(21-13(3)23)9-17(24)18(25)11-22/h5-8,12,16-18,22,24-25H,4,9-11H2,1-3H3,(H,20,26)(H,21,23). The third-order valence-electron chi connectivity index (χ3n) is 4.43. The molecule has 1 aromatic rings. The number of amides is 2. The van der Waals surface area contributed by atoms with Crippen LogP contribution in [-0.2, 0) is 16.1 Å². The molecule has 0 saturated heterocycles. The van der Waals surface area contributed by atoms with Gasteiger partial charge in [-0.25, -0.2) is 0 Å². The fourth-order valence-corrected chi connectivity index (χ4v) is 2.51. The van der Waals surface area contributed by atoms with Crippen LogP contribution < -0.4 is 10.6 Å². The van der Waals surface area contributed by atoms with Crippen molar-refractivity contribution in [3.63, 3.8) is 0 Å². The minimum atomic E-state index is -1.37. The normalized spacial score (nSPS) is 15.6. The molecule has 5 N–H and O–H groups in total. The van der Waals surface area contributed by atoms with Crippen LogP contribution in [0.3, 0.4) is 0 Å². The van der Waals surface area contributed by atoms with Crippen LogP contribution in [-0.4, -0.2) is 52.0 Å². The lowest BCUT2D eigenvalue weighted by Crippen LogP contribution is -2.49. The third-order valence-corrected chi connectivity index (χ3v) is 4.43. The van der Waals surface area contributed by atoms with Crippen LogP contribution in [0.1, 0.15) is 50.7 Å². The highest BCUT2D eigenvalue weighted by Gasteiger charge is 2.26. The fraction of sp³-hybridized carbons (Fsp3) is 0.579. The first-order valence-electron chi connectivity index (χ1n) is 8.89. The van der Waals surface area contributed by atoms with E-state index in [1.807, 2.05) is 24.3 Å². The Morgan fingerprint density at radius 1 is 1.12 bits per heavy atom. The second kappa shape index (κ2) is 10.9. The van der Waals surface area contributed by atoms with Gasteiger partial charge in [0.05, 0.1) is 12.7 Å². The van der Waals surface area contributed by atoms with Crippen molar-refractivity contribution in [2.24, 2.45) is 0 Å². The molecular formula is C19H30N2O5. The minimum absolute atomic E-state index is 0.194. The molecule has 0 aromatic heterocycles. The van der Waals surface area contributed by atoms with Gasteiger partial charge in [-0.1, -0.05) is 38.1 Å². The van der Waals surface area contributed by atoms with E-state index in [0.29, 0.717) is 5.92 Å². The van der Waals surface area contributed by atoms with Crippen molar-refractivity contribution in [2.45, 2.75) is 64.3 Å². The van der Waals surface area contributed by atoms with Crippen LogP contribution >= 0.6 is 0 Å². The molecule has 4 unspecified atom stereocenters. The van der Waals surface area contributed by atoms with Gasteiger partial charge in [-0.05, 0) is 23.5 Å². The summed E-state index contributed by atoms with van der Waals surface area (Å²) in [6.45, 7) is 5.21. The van der Waals surface area contributed by atoms with Gasteiger partial charge in [-0.2, -0.15) is 0 Å². The lowest BCUT2D eigenvalue weighted by molar-refractivity contribution is -0.129. The Balaban J connectivity index is 2.66. The molecule has 0 heterocycles. The summed E-state index contributed by atoms with van der Waals surface area (Å²) in [7, 11) is 0. The van der Waals surface area contributed by atoms with Crippen LogP contribution in [0.2, 0.25) is 0 Å². The summed E-state index contributed by atoms with van der Waals surface area (Å²) < 4.78 is 0.